The molecule has 0 atom stereocenters. The van der Waals surface area contributed by atoms with Gasteiger partial charge in [0, 0.05) is 11.6 Å². The number of halogens is 3. The lowest BCUT2D eigenvalue weighted by atomic mass is 10.1. The Kier molecular flexibility index (Phi) is 2.90. The third kappa shape index (κ3) is 2.24. The predicted octanol–water partition coefficient (Wildman–Crippen LogP) is 2.95. The second kappa shape index (κ2) is 4.25. The molecule has 0 spiro atoms. The summed E-state index contributed by atoms with van der Waals surface area (Å²) in [4.78, 5) is 0. The van der Waals surface area contributed by atoms with Crippen LogP contribution in [0.25, 0.3) is 11.3 Å². The van der Waals surface area contributed by atoms with E-state index in [9.17, 15) is 13.2 Å². The Morgan fingerprint density at radius 3 is 2.50 bits per heavy atom. The van der Waals surface area contributed by atoms with E-state index in [0.29, 0.717) is 11.3 Å². The third-order valence-electron chi connectivity index (χ3n) is 2.33. The number of nitrogens with two attached hydrogens (primary N) is 1. The van der Waals surface area contributed by atoms with Gasteiger partial charge in [-0.05, 0) is 18.2 Å². The summed E-state index contributed by atoms with van der Waals surface area (Å²) in [6.45, 7) is 0. The summed E-state index contributed by atoms with van der Waals surface area (Å²) in [6, 6.07) is 4.52. The number of nitrogen functional groups attached to an aromatic ring is 1. The molecule has 0 fully saturated rings. The fraction of sp³-hybridized carbons (Fsp3) is 0.182. The van der Waals surface area contributed by atoms with Gasteiger partial charge in [-0.15, -0.1) is 0 Å². The van der Waals surface area contributed by atoms with Gasteiger partial charge in [0.15, 0.2) is 0 Å². The summed E-state index contributed by atoms with van der Waals surface area (Å²) in [6.07, 6.45) is -4.42. The number of nitrogens with zero attached hydrogens (tertiary/aromatic N) is 1. The van der Waals surface area contributed by atoms with Crippen LogP contribution in [0.3, 0.4) is 0 Å². The van der Waals surface area contributed by atoms with Crippen LogP contribution >= 0.6 is 0 Å². The van der Waals surface area contributed by atoms with Gasteiger partial charge >= 0.3 is 6.18 Å². The molecule has 0 amide bonds. The molecule has 0 saturated heterocycles. The van der Waals surface area contributed by atoms with Gasteiger partial charge in [-0.1, -0.05) is 5.16 Å². The maximum absolute atomic E-state index is 12.5. The molecule has 1 heterocycles. The van der Waals surface area contributed by atoms with E-state index in [1.165, 1.54) is 19.2 Å². The Bertz CT molecular complexity index is 564. The Labute approximate surface area is 100 Å². The van der Waals surface area contributed by atoms with Gasteiger partial charge in [-0.2, -0.15) is 13.2 Å². The van der Waals surface area contributed by atoms with E-state index in [4.69, 9.17) is 10.5 Å². The molecule has 0 unspecified atom stereocenters. The van der Waals surface area contributed by atoms with E-state index in [1.807, 2.05) is 0 Å². The van der Waals surface area contributed by atoms with Gasteiger partial charge in [-0.25, -0.2) is 0 Å². The van der Waals surface area contributed by atoms with Crippen LogP contribution in [0.1, 0.15) is 5.56 Å². The Morgan fingerprint density at radius 2 is 2.00 bits per heavy atom. The molecule has 2 N–H and O–H groups in total. The molecule has 0 aliphatic rings. The summed E-state index contributed by atoms with van der Waals surface area (Å²) in [7, 11) is 1.28. The fourth-order valence-electron chi connectivity index (χ4n) is 1.50. The highest BCUT2D eigenvalue weighted by molar-refractivity contribution is 5.69. The maximum Gasteiger partial charge on any atom is 0.416 e. The van der Waals surface area contributed by atoms with Crippen LogP contribution in [0.5, 0.6) is 5.75 Å². The molecule has 0 aliphatic carbocycles. The van der Waals surface area contributed by atoms with Crippen LogP contribution in [0.15, 0.2) is 28.8 Å². The maximum atomic E-state index is 12.5. The fourth-order valence-corrected chi connectivity index (χ4v) is 1.50. The standard InChI is InChI=1S/C11H9F3N2O2/c1-17-9-4-6(11(12,13)14)2-3-7(9)8-5-10(15)18-16-8/h2-5H,15H2,1H3. The minimum atomic E-state index is -4.42. The zero-order valence-electron chi connectivity index (χ0n) is 9.28. The first-order valence-corrected chi connectivity index (χ1v) is 4.89. The molecule has 0 radical (unpaired) electrons. The molecule has 96 valence electrons. The topological polar surface area (TPSA) is 61.3 Å². The van der Waals surface area contributed by atoms with E-state index in [0.717, 1.165) is 12.1 Å². The van der Waals surface area contributed by atoms with Crippen molar-refractivity contribution in [2.75, 3.05) is 12.8 Å². The molecule has 0 aliphatic heterocycles. The van der Waals surface area contributed by atoms with Crippen LogP contribution in [0.4, 0.5) is 19.1 Å². The monoisotopic (exact) mass is 258 g/mol. The normalized spacial score (nSPS) is 11.6. The summed E-state index contributed by atoms with van der Waals surface area (Å²) < 4.78 is 47.2. The smallest absolute Gasteiger partial charge is 0.416 e. The second-order valence-corrected chi connectivity index (χ2v) is 3.53. The minimum Gasteiger partial charge on any atom is -0.496 e. The van der Waals surface area contributed by atoms with Gasteiger partial charge in [-0.3, -0.25) is 0 Å². The van der Waals surface area contributed by atoms with Crippen LogP contribution < -0.4 is 10.5 Å². The number of rotatable bonds is 2. The van der Waals surface area contributed by atoms with Gasteiger partial charge in [0.2, 0.25) is 5.88 Å². The highest BCUT2D eigenvalue weighted by Gasteiger charge is 2.31. The molecule has 0 saturated carbocycles. The second-order valence-electron chi connectivity index (χ2n) is 3.53. The molecule has 0 bridgehead atoms. The highest BCUT2D eigenvalue weighted by atomic mass is 19.4. The van der Waals surface area contributed by atoms with Crippen molar-refractivity contribution >= 4 is 5.88 Å². The lowest BCUT2D eigenvalue weighted by Crippen LogP contribution is -2.05. The molecule has 2 rings (SSSR count). The molecule has 7 heteroatoms. The van der Waals surface area contributed by atoms with E-state index >= 15 is 0 Å². The number of methoxy groups -OCH3 is 1. The number of benzene rings is 1. The number of alkyl halides is 3. The summed E-state index contributed by atoms with van der Waals surface area (Å²) in [5.74, 6) is 0.130. The average molecular weight is 258 g/mol. The zero-order chi connectivity index (χ0) is 13.3. The van der Waals surface area contributed by atoms with Gasteiger partial charge in [0.05, 0.1) is 12.7 Å². The van der Waals surface area contributed by atoms with Gasteiger partial charge in [0.1, 0.15) is 11.4 Å². The van der Waals surface area contributed by atoms with E-state index in [-0.39, 0.29) is 11.6 Å². The molecule has 1 aromatic carbocycles. The zero-order valence-corrected chi connectivity index (χ0v) is 9.28. The van der Waals surface area contributed by atoms with Crippen molar-refractivity contribution in [2.24, 2.45) is 0 Å². The first kappa shape index (κ1) is 12.3. The van der Waals surface area contributed by atoms with E-state index in [1.54, 1.807) is 0 Å². The van der Waals surface area contributed by atoms with Crippen LogP contribution in [0.2, 0.25) is 0 Å². The summed E-state index contributed by atoms with van der Waals surface area (Å²) in [5.41, 5.74) is 5.26. The van der Waals surface area contributed by atoms with Crippen molar-refractivity contribution in [3.63, 3.8) is 0 Å². The van der Waals surface area contributed by atoms with Crippen molar-refractivity contribution in [2.45, 2.75) is 6.18 Å². The number of ether oxygens (including phenoxy) is 1. The largest absolute Gasteiger partial charge is 0.496 e. The van der Waals surface area contributed by atoms with Crippen molar-refractivity contribution in [3.05, 3.63) is 29.8 Å². The van der Waals surface area contributed by atoms with Crippen LogP contribution in [0, 0.1) is 0 Å². The van der Waals surface area contributed by atoms with Crippen LogP contribution in [-0.4, -0.2) is 12.3 Å². The number of aromatic nitrogens is 1. The lowest BCUT2D eigenvalue weighted by Gasteiger charge is -2.11. The first-order chi connectivity index (χ1) is 8.41. The Hall–Kier alpha value is -2.18. The summed E-state index contributed by atoms with van der Waals surface area (Å²) >= 11 is 0. The predicted molar refractivity (Wildman–Crippen MR) is 57.9 cm³/mol. The first-order valence-electron chi connectivity index (χ1n) is 4.89. The quantitative estimate of drug-likeness (QED) is 0.899. The third-order valence-corrected chi connectivity index (χ3v) is 2.33. The Morgan fingerprint density at radius 1 is 1.28 bits per heavy atom. The molecule has 4 nitrogen and oxygen atoms in total. The lowest BCUT2D eigenvalue weighted by molar-refractivity contribution is -0.137. The average Bonchev–Trinajstić information content (AvgIpc) is 2.73. The van der Waals surface area contributed by atoms with Crippen LogP contribution in [-0.2, 0) is 6.18 Å². The highest BCUT2D eigenvalue weighted by Crippen LogP contribution is 2.36. The van der Waals surface area contributed by atoms with Crippen molar-refractivity contribution in [1.82, 2.24) is 5.16 Å². The van der Waals surface area contributed by atoms with Gasteiger partial charge in [0.25, 0.3) is 0 Å². The number of hydrogen-bond donors (Lipinski definition) is 1. The number of anilines is 1. The van der Waals surface area contributed by atoms with E-state index < -0.39 is 11.7 Å². The van der Waals surface area contributed by atoms with Gasteiger partial charge < -0.3 is 15.0 Å². The van der Waals surface area contributed by atoms with Crippen molar-refractivity contribution in [1.29, 1.82) is 0 Å². The SMILES string of the molecule is COc1cc(C(F)(F)F)ccc1-c1cc(N)on1. The minimum absolute atomic E-state index is 0.0538. The molecule has 1 aromatic heterocycles. The molecule has 18 heavy (non-hydrogen) atoms. The van der Waals surface area contributed by atoms with Crippen molar-refractivity contribution < 1.29 is 22.4 Å². The molecule has 2 aromatic rings. The molecular weight excluding hydrogens is 249 g/mol. The van der Waals surface area contributed by atoms with Crippen molar-refractivity contribution in [3.8, 4) is 17.0 Å². The summed E-state index contributed by atoms with van der Waals surface area (Å²) in [5, 5.41) is 3.63. The Balaban J connectivity index is 2.50. The number of hydrogen-bond acceptors (Lipinski definition) is 4. The van der Waals surface area contributed by atoms with E-state index in [2.05, 4.69) is 9.68 Å². The molecular formula is C11H9F3N2O2.